The Morgan fingerprint density at radius 2 is 1.76 bits per heavy atom. The molecule has 0 amide bonds. The van der Waals surface area contributed by atoms with Gasteiger partial charge in [0, 0.05) is 23.5 Å². The number of benzene rings is 3. The highest BCUT2D eigenvalue weighted by molar-refractivity contribution is 6.22. The molecule has 3 N–H and O–H groups in total. The van der Waals surface area contributed by atoms with Gasteiger partial charge in [-0.2, -0.15) is 0 Å². The van der Waals surface area contributed by atoms with Gasteiger partial charge in [-0.1, -0.05) is 48.5 Å². The van der Waals surface area contributed by atoms with Gasteiger partial charge in [0.25, 0.3) is 0 Å². The first-order chi connectivity index (χ1) is 16.0. The normalized spacial score (nSPS) is 14.7. The fourth-order valence-corrected chi connectivity index (χ4v) is 3.98. The van der Waals surface area contributed by atoms with Gasteiger partial charge in [-0.05, 0) is 54.0 Å². The van der Waals surface area contributed by atoms with Crippen LogP contribution in [0.1, 0.15) is 25.0 Å². The highest BCUT2D eigenvalue weighted by atomic mass is 16.5. The maximum Gasteiger partial charge on any atom is 0.161 e. The summed E-state index contributed by atoms with van der Waals surface area (Å²) in [6, 6.07) is 20.3. The molecular formula is C27H28N4O2. The Morgan fingerprint density at radius 3 is 2.52 bits per heavy atom. The van der Waals surface area contributed by atoms with Gasteiger partial charge in [0.2, 0.25) is 0 Å². The van der Waals surface area contributed by atoms with Gasteiger partial charge in [-0.25, -0.2) is 4.99 Å². The molecule has 33 heavy (non-hydrogen) atoms. The average Bonchev–Trinajstić information content (AvgIpc) is 2.82. The van der Waals surface area contributed by atoms with Crippen LogP contribution in [0.4, 0.5) is 0 Å². The van der Waals surface area contributed by atoms with E-state index in [2.05, 4.69) is 58.1 Å². The Balaban J connectivity index is 1.64. The molecule has 1 aliphatic heterocycles. The van der Waals surface area contributed by atoms with Crippen LogP contribution in [-0.4, -0.2) is 25.6 Å². The van der Waals surface area contributed by atoms with E-state index in [1.165, 1.54) is 16.3 Å². The summed E-state index contributed by atoms with van der Waals surface area (Å²) in [5, 5.41) is 17.8. The van der Waals surface area contributed by atoms with Crippen LogP contribution in [0.2, 0.25) is 0 Å². The third-order valence-corrected chi connectivity index (χ3v) is 5.53. The molecule has 0 saturated heterocycles. The van der Waals surface area contributed by atoms with Crippen molar-refractivity contribution in [1.82, 2.24) is 10.6 Å². The molecule has 0 aromatic heterocycles. The van der Waals surface area contributed by atoms with Gasteiger partial charge in [-0.3, -0.25) is 0 Å². The first-order valence-electron chi connectivity index (χ1n) is 10.8. The van der Waals surface area contributed by atoms with Crippen molar-refractivity contribution >= 4 is 27.8 Å². The van der Waals surface area contributed by atoms with Crippen LogP contribution in [0.3, 0.4) is 0 Å². The minimum absolute atomic E-state index is 0.400. The van der Waals surface area contributed by atoms with Crippen molar-refractivity contribution in [2.45, 2.75) is 20.4 Å². The van der Waals surface area contributed by atoms with E-state index in [1.54, 1.807) is 21.1 Å². The molecule has 0 saturated carbocycles. The Bertz CT molecular complexity index is 1300. The molecule has 6 heteroatoms. The van der Waals surface area contributed by atoms with Crippen molar-refractivity contribution in [2.24, 2.45) is 4.99 Å². The molecule has 1 aliphatic rings. The number of allylic oxidation sites excluding steroid dienone is 2. The van der Waals surface area contributed by atoms with Crippen molar-refractivity contribution in [3.63, 3.8) is 0 Å². The van der Waals surface area contributed by atoms with E-state index in [0.29, 0.717) is 35.1 Å². The number of nitrogens with one attached hydrogen (secondary N) is 3. The molecule has 168 valence electrons. The van der Waals surface area contributed by atoms with Gasteiger partial charge in [-0.15, -0.1) is 0 Å². The minimum Gasteiger partial charge on any atom is -0.493 e. The second-order valence-corrected chi connectivity index (χ2v) is 7.85. The first kappa shape index (κ1) is 22.1. The molecule has 0 atom stereocenters. The molecule has 3 aromatic carbocycles. The van der Waals surface area contributed by atoms with Crippen LogP contribution < -0.4 is 20.1 Å². The summed E-state index contributed by atoms with van der Waals surface area (Å²) >= 11 is 0. The molecule has 0 fully saturated rings. The first-order valence-corrected chi connectivity index (χ1v) is 10.8. The van der Waals surface area contributed by atoms with Crippen LogP contribution in [0.5, 0.6) is 11.5 Å². The summed E-state index contributed by atoms with van der Waals surface area (Å²) in [4.78, 5) is 4.69. The molecule has 1 heterocycles. The lowest BCUT2D eigenvalue weighted by Crippen LogP contribution is -2.30. The quantitative estimate of drug-likeness (QED) is 0.438. The standard InChI is InChI=1S/C27H28N4O2/c1-17-14-25(29-16-21-10-7-9-19-8-5-6-11-22(19)21)31-27(30-17)26(18(2)28)20-12-13-23(32-3)24(15-20)33-4/h5-15,28-29,31H,16H2,1-4H3/b27-26+,28-18?. The number of nitrogens with zero attached hydrogens (tertiary/aromatic N) is 1. The molecule has 0 unspecified atom stereocenters. The largest absolute Gasteiger partial charge is 0.493 e. The molecule has 3 aromatic rings. The zero-order chi connectivity index (χ0) is 23.4. The number of rotatable bonds is 7. The Kier molecular flexibility index (Phi) is 6.45. The minimum atomic E-state index is 0.400. The second-order valence-electron chi connectivity index (χ2n) is 7.85. The number of hydrogen-bond acceptors (Lipinski definition) is 6. The van der Waals surface area contributed by atoms with E-state index >= 15 is 0 Å². The lowest BCUT2D eigenvalue weighted by molar-refractivity contribution is 0.355. The Morgan fingerprint density at radius 1 is 1.00 bits per heavy atom. The highest BCUT2D eigenvalue weighted by Crippen LogP contribution is 2.32. The lowest BCUT2D eigenvalue weighted by atomic mass is 10.0. The van der Waals surface area contributed by atoms with Gasteiger partial charge < -0.3 is 25.5 Å². The number of aliphatic imine (C=N–C) groups is 1. The topological polar surface area (TPSA) is 78.7 Å². The molecule has 0 radical (unpaired) electrons. The molecular weight excluding hydrogens is 412 g/mol. The van der Waals surface area contributed by atoms with E-state index < -0.39 is 0 Å². The fraction of sp³-hybridized carbons (Fsp3) is 0.185. The number of fused-ring (bicyclic) bond motifs is 1. The predicted molar refractivity (Wildman–Crippen MR) is 135 cm³/mol. The third-order valence-electron chi connectivity index (χ3n) is 5.53. The van der Waals surface area contributed by atoms with E-state index in [9.17, 15) is 0 Å². The van der Waals surface area contributed by atoms with Gasteiger partial charge in [0.1, 0.15) is 11.6 Å². The van der Waals surface area contributed by atoms with Crippen LogP contribution in [0.25, 0.3) is 16.3 Å². The number of hydrogen-bond donors (Lipinski definition) is 3. The molecule has 0 spiro atoms. The molecule has 0 aliphatic carbocycles. The van der Waals surface area contributed by atoms with Crippen LogP contribution in [0.15, 0.2) is 83.4 Å². The van der Waals surface area contributed by atoms with Gasteiger partial charge >= 0.3 is 0 Å². The Hall–Kier alpha value is -4.06. The summed E-state index contributed by atoms with van der Waals surface area (Å²) in [6.45, 7) is 4.37. The summed E-state index contributed by atoms with van der Waals surface area (Å²) in [6.07, 6.45) is 1.97. The van der Waals surface area contributed by atoms with Gasteiger partial charge in [0.05, 0.1) is 14.2 Å². The summed E-state index contributed by atoms with van der Waals surface area (Å²) in [5.41, 5.74) is 3.99. The van der Waals surface area contributed by atoms with E-state index in [4.69, 9.17) is 14.9 Å². The smallest absolute Gasteiger partial charge is 0.161 e. The maximum atomic E-state index is 8.43. The zero-order valence-electron chi connectivity index (χ0n) is 19.3. The third kappa shape index (κ3) is 4.75. The fourth-order valence-electron chi connectivity index (χ4n) is 3.98. The Labute approximate surface area is 194 Å². The average molecular weight is 441 g/mol. The van der Waals surface area contributed by atoms with E-state index in [-0.39, 0.29) is 0 Å². The van der Waals surface area contributed by atoms with Crippen LogP contribution >= 0.6 is 0 Å². The number of methoxy groups -OCH3 is 2. The van der Waals surface area contributed by atoms with E-state index in [1.807, 2.05) is 31.2 Å². The highest BCUT2D eigenvalue weighted by Gasteiger charge is 2.18. The monoisotopic (exact) mass is 440 g/mol. The SMILES string of the molecule is COc1ccc(/C(C(C)=N)=C2\N=C(C)C=C(NCc3cccc4ccccc34)N2)cc1OC. The summed E-state index contributed by atoms with van der Waals surface area (Å²) < 4.78 is 10.8. The maximum absolute atomic E-state index is 8.43. The number of ether oxygens (including phenoxy) is 2. The van der Waals surface area contributed by atoms with Gasteiger partial charge in [0.15, 0.2) is 11.5 Å². The lowest BCUT2D eigenvalue weighted by Gasteiger charge is -2.22. The van der Waals surface area contributed by atoms with Crippen LogP contribution in [-0.2, 0) is 6.54 Å². The van der Waals surface area contributed by atoms with Crippen molar-refractivity contribution in [3.05, 3.63) is 89.5 Å². The van der Waals surface area contributed by atoms with E-state index in [0.717, 1.165) is 17.1 Å². The molecule has 4 rings (SSSR count). The molecule has 0 bridgehead atoms. The van der Waals surface area contributed by atoms with Crippen LogP contribution in [0, 0.1) is 5.41 Å². The van der Waals surface area contributed by atoms with Crippen molar-refractivity contribution < 1.29 is 9.47 Å². The van der Waals surface area contributed by atoms with Crippen molar-refractivity contribution in [2.75, 3.05) is 14.2 Å². The predicted octanol–water partition coefficient (Wildman–Crippen LogP) is 5.26. The van der Waals surface area contributed by atoms with Crippen molar-refractivity contribution in [3.8, 4) is 11.5 Å². The summed E-state index contributed by atoms with van der Waals surface area (Å²) in [5.74, 6) is 2.71. The van der Waals surface area contributed by atoms with Crippen molar-refractivity contribution in [1.29, 1.82) is 5.41 Å². The second kappa shape index (κ2) is 9.61. The zero-order valence-corrected chi connectivity index (χ0v) is 19.3. The molecule has 6 nitrogen and oxygen atoms in total. The summed E-state index contributed by atoms with van der Waals surface area (Å²) in [7, 11) is 3.21.